The van der Waals surface area contributed by atoms with Crippen molar-refractivity contribution in [2.24, 2.45) is 0 Å². The lowest BCUT2D eigenvalue weighted by atomic mass is 10.2. The van der Waals surface area contributed by atoms with Crippen LogP contribution in [0.25, 0.3) is 11.5 Å². The first-order valence-electron chi connectivity index (χ1n) is 6.27. The first kappa shape index (κ1) is 12.5. The fraction of sp³-hybridized carbons (Fsp3) is 0.357. The van der Waals surface area contributed by atoms with E-state index in [0.717, 1.165) is 35.7 Å². The third-order valence-electron chi connectivity index (χ3n) is 2.64. The molecule has 0 aliphatic heterocycles. The van der Waals surface area contributed by atoms with Gasteiger partial charge in [-0.3, -0.25) is 4.98 Å². The van der Waals surface area contributed by atoms with E-state index in [1.54, 1.807) is 0 Å². The zero-order chi connectivity index (χ0) is 13.0. The molecule has 0 unspecified atom stereocenters. The predicted octanol–water partition coefficient (Wildman–Crippen LogP) is 2.84. The summed E-state index contributed by atoms with van der Waals surface area (Å²) in [7, 11) is 0. The topological polar surface area (TPSA) is 50.7 Å². The second kappa shape index (κ2) is 5.58. The van der Waals surface area contributed by atoms with Crippen LogP contribution in [-0.4, -0.2) is 21.5 Å². The van der Waals surface area contributed by atoms with Gasteiger partial charge in [-0.2, -0.15) is 0 Å². The normalized spacial score (nSPS) is 10.4. The summed E-state index contributed by atoms with van der Waals surface area (Å²) in [6.07, 6.45) is 2.73. The summed E-state index contributed by atoms with van der Waals surface area (Å²) in [6, 6.07) is 5.97. The second-order valence-electron chi connectivity index (χ2n) is 4.17. The molecule has 2 aromatic heterocycles. The number of rotatable bonds is 4. The van der Waals surface area contributed by atoms with Gasteiger partial charge in [-0.15, -0.1) is 0 Å². The average Bonchev–Trinajstić information content (AvgIpc) is 2.39. The summed E-state index contributed by atoms with van der Waals surface area (Å²) < 4.78 is 0. The van der Waals surface area contributed by atoms with Gasteiger partial charge in [-0.1, -0.05) is 13.0 Å². The number of nitrogens with zero attached hydrogens (tertiary/aromatic N) is 3. The Balaban J connectivity index is 2.42. The van der Waals surface area contributed by atoms with Gasteiger partial charge in [0.2, 0.25) is 0 Å². The molecular formula is C14H18N4. The molecule has 94 valence electrons. The number of hydrogen-bond acceptors (Lipinski definition) is 4. The monoisotopic (exact) mass is 242 g/mol. The molecule has 0 aliphatic rings. The quantitative estimate of drug-likeness (QED) is 0.895. The molecule has 2 aromatic rings. The van der Waals surface area contributed by atoms with Gasteiger partial charge in [0.25, 0.3) is 0 Å². The Morgan fingerprint density at radius 1 is 1.17 bits per heavy atom. The van der Waals surface area contributed by atoms with E-state index in [9.17, 15) is 0 Å². The van der Waals surface area contributed by atoms with Crippen molar-refractivity contribution >= 4 is 5.82 Å². The fourth-order valence-corrected chi connectivity index (χ4v) is 1.66. The molecule has 0 aromatic carbocycles. The van der Waals surface area contributed by atoms with E-state index < -0.39 is 0 Å². The van der Waals surface area contributed by atoms with Crippen LogP contribution in [0.5, 0.6) is 0 Å². The van der Waals surface area contributed by atoms with Crippen molar-refractivity contribution in [2.75, 3.05) is 11.9 Å². The Labute approximate surface area is 108 Å². The Hall–Kier alpha value is -1.97. The smallest absolute Gasteiger partial charge is 0.180 e. The standard InChI is InChI=1S/C14H18N4/c1-4-11-8-13(15-5-2)18-14(17-11)12-7-6-10(3)9-16-12/h6-9H,4-5H2,1-3H3,(H,15,17,18). The summed E-state index contributed by atoms with van der Waals surface area (Å²) in [6.45, 7) is 7.01. The number of anilines is 1. The van der Waals surface area contributed by atoms with Crippen LogP contribution >= 0.6 is 0 Å². The van der Waals surface area contributed by atoms with Crippen LogP contribution in [0, 0.1) is 6.92 Å². The largest absolute Gasteiger partial charge is 0.370 e. The molecule has 0 atom stereocenters. The van der Waals surface area contributed by atoms with Crippen molar-refractivity contribution in [3.63, 3.8) is 0 Å². The number of aromatic nitrogens is 3. The van der Waals surface area contributed by atoms with E-state index in [1.165, 1.54) is 0 Å². The molecule has 4 heteroatoms. The summed E-state index contributed by atoms with van der Waals surface area (Å²) in [4.78, 5) is 13.4. The molecule has 0 radical (unpaired) electrons. The molecule has 0 spiro atoms. The molecule has 0 bridgehead atoms. The molecular weight excluding hydrogens is 224 g/mol. The molecule has 18 heavy (non-hydrogen) atoms. The van der Waals surface area contributed by atoms with Crippen molar-refractivity contribution in [2.45, 2.75) is 27.2 Å². The minimum Gasteiger partial charge on any atom is -0.370 e. The first-order valence-corrected chi connectivity index (χ1v) is 6.27. The van der Waals surface area contributed by atoms with Crippen molar-refractivity contribution in [3.05, 3.63) is 35.7 Å². The number of nitrogens with one attached hydrogen (secondary N) is 1. The summed E-state index contributed by atoms with van der Waals surface area (Å²) in [5, 5.41) is 3.22. The van der Waals surface area contributed by atoms with E-state index in [4.69, 9.17) is 0 Å². The minimum absolute atomic E-state index is 0.685. The molecule has 0 saturated carbocycles. The Morgan fingerprint density at radius 2 is 2.00 bits per heavy atom. The van der Waals surface area contributed by atoms with E-state index in [0.29, 0.717) is 5.82 Å². The van der Waals surface area contributed by atoms with Crippen LogP contribution in [-0.2, 0) is 6.42 Å². The zero-order valence-corrected chi connectivity index (χ0v) is 11.1. The van der Waals surface area contributed by atoms with E-state index in [1.807, 2.05) is 31.3 Å². The molecule has 2 rings (SSSR count). The highest BCUT2D eigenvalue weighted by atomic mass is 15.0. The third kappa shape index (κ3) is 2.83. The van der Waals surface area contributed by atoms with Gasteiger partial charge in [-0.25, -0.2) is 9.97 Å². The maximum absolute atomic E-state index is 4.52. The highest BCUT2D eigenvalue weighted by Gasteiger charge is 2.06. The molecule has 0 aliphatic carbocycles. The Morgan fingerprint density at radius 3 is 2.61 bits per heavy atom. The lowest BCUT2D eigenvalue weighted by Crippen LogP contribution is -2.04. The fourth-order valence-electron chi connectivity index (χ4n) is 1.66. The Kier molecular flexibility index (Phi) is 3.87. The number of pyridine rings is 1. The molecule has 4 nitrogen and oxygen atoms in total. The van der Waals surface area contributed by atoms with Gasteiger partial charge < -0.3 is 5.32 Å². The summed E-state index contributed by atoms with van der Waals surface area (Å²) in [5.74, 6) is 1.55. The van der Waals surface area contributed by atoms with Crippen LogP contribution in [0.2, 0.25) is 0 Å². The molecule has 2 heterocycles. The molecule has 0 saturated heterocycles. The van der Waals surface area contributed by atoms with Crippen molar-refractivity contribution in [3.8, 4) is 11.5 Å². The first-order chi connectivity index (χ1) is 8.72. The SMILES string of the molecule is CCNc1cc(CC)nc(-c2ccc(C)cn2)n1. The van der Waals surface area contributed by atoms with Crippen LogP contribution < -0.4 is 5.32 Å². The van der Waals surface area contributed by atoms with Crippen LogP contribution in [0.3, 0.4) is 0 Å². The minimum atomic E-state index is 0.685. The summed E-state index contributed by atoms with van der Waals surface area (Å²) in [5.41, 5.74) is 2.98. The van der Waals surface area contributed by atoms with E-state index in [-0.39, 0.29) is 0 Å². The van der Waals surface area contributed by atoms with Gasteiger partial charge >= 0.3 is 0 Å². The lowest BCUT2D eigenvalue weighted by molar-refractivity contribution is 0.991. The lowest BCUT2D eigenvalue weighted by Gasteiger charge is -2.07. The van der Waals surface area contributed by atoms with Crippen LogP contribution in [0.1, 0.15) is 25.1 Å². The Bertz CT molecular complexity index is 520. The highest BCUT2D eigenvalue weighted by Crippen LogP contribution is 2.16. The van der Waals surface area contributed by atoms with Gasteiger partial charge in [0.15, 0.2) is 5.82 Å². The van der Waals surface area contributed by atoms with Gasteiger partial charge in [0.1, 0.15) is 11.5 Å². The van der Waals surface area contributed by atoms with Gasteiger partial charge in [-0.05, 0) is 31.9 Å². The molecule has 0 amide bonds. The van der Waals surface area contributed by atoms with Crippen LogP contribution in [0.4, 0.5) is 5.82 Å². The van der Waals surface area contributed by atoms with E-state index in [2.05, 4.69) is 34.1 Å². The zero-order valence-electron chi connectivity index (χ0n) is 11.1. The van der Waals surface area contributed by atoms with Crippen molar-refractivity contribution in [1.29, 1.82) is 0 Å². The highest BCUT2D eigenvalue weighted by molar-refractivity contribution is 5.53. The summed E-state index contributed by atoms with van der Waals surface area (Å²) >= 11 is 0. The number of hydrogen-bond donors (Lipinski definition) is 1. The van der Waals surface area contributed by atoms with Gasteiger partial charge in [0.05, 0.1) is 0 Å². The van der Waals surface area contributed by atoms with Gasteiger partial charge in [0, 0.05) is 24.5 Å². The van der Waals surface area contributed by atoms with Crippen molar-refractivity contribution < 1.29 is 0 Å². The number of aryl methyl sites for hydroxylation is 2. The maximum Gasteiger partial charge on any atom is 0.180 e. The van der Waals surface area contributed by atoms with Crippen molar-refractivity contribution in [1.82, 2.24) is 15.0 Å². The predicted molar refractivity (Wildman–Crippen MR) is 73.5 cm³/mol. The molecule has 0 fully saturated rings. The maximum atomic E-state index is 4.52. The van der Waals surface area contributed by atoms with Crippen LogP contribution in [0.15, 0.2) is 24.4 Å². The van der Waals surface area contributed by atoms with E-state index >= 15 is 0 Å². The second-order valence-corrected chi connectivity index (χ2v) is 4.17. The average molecular weight is 242 g/mol. The molecule has 1 N–H and O–H groups in total. The third-order valence-corrected chi connectivity index (χ3v) is 2.64.